The molecule has 1 aliphatic heterocycles. The maximum atomic E-state index is 12.6. The number of piperidine rings is 1. The van der Waals surface area contributed by atoms with Gasteiger partial charge in [-0.05, 0) is 54.6 Å². The lowest BCUT2D eigenvalue weighted by Crippen LogP contribution is -2.40. The van der Waals surface area contributed by atoms with Gasteiger partial charge >= 0.3 is 0 Å². The normalized spacial score (nSPS) is 15.2. The van der Waals surface area contributed by atoms with Crippen LogP contribution in [-0.4, -0.2) is 46.3 Å². The van der Waals surface area contributed by atoms with Crippen LogP contribution in [0.1, 0.15) is 50.6 Å². The van der Waals surface area contributed by atoms with Crippen molar-refractivity contribution in [1.29, 1.82) is 0 Å². The van der Waals surface area contributed by atoms with E-state index in [-0.39, 0.29) is 17.2 Å². The van der Waals surface area contributed by atoms with Crippen LogP contribution in [0, 0.1) is 5.92 Å². The van der Waals surface area contributed by atoms with Gasteiger partial charge in [-0.15, -0.1) is 0 Å². The van der Waals surface area contributed by atoms with Gasteiger partial charge in [-0.25, -0.2) is 0 Å². The van der Waals surface area contributed by atoms with Crippen molar-refractivity contribution in [3.05, 3.63) is 70.6 Å². The summed E-state index contributed by atoms with van der Waals surface area (Å²) in [6, 6.07) is 16.3. The largest absolute Gasteiger partial charge is 0.355 e. The van der Waals surface area contributed by atoms with E-state index >= 15 is 0 Å². The highest BCUT2D eigenvalue weighted by molar-refractivity contribution is 7.98. The summed E-state index contributed by atoms with van der Waals surface area (Å²) in [6.07, 6.45) is 1.69. The molecule has 0 saturated carbocycles. The van der Waals surface area contributed by atoms with Gasteiger partial charge < -0.3 is 9.84 Å². The molecule has 36 heavy (non-hydrogen) atoms. The molecule has 8 heteroatoms. The van der Waals surface area contributed by atoms with E-state index in [0.29, 0.717) is 24.8 Å². The maximum absolute atomic E-state index is 12.6. The Balaban J connectivity index is 1.16. The van der Waals surface area contributed by atoms with E-state index in [0.717, 1.165) is 48.0 Å². The van der Waals surface area contributed by atoms with Gasteiger partial charge in [-0.2, -0.15) is 16.7 Å². The van der Waals surface area contributed by atoms with Gasteiger partial charge in [0.15, 0.2) is 0 Å². The van der Waals surface area contributed by atoms with E-state index < -0.39 is 0 Å². The Hall–Kier alpha value is -2.35. The van der Waals surface area contributed by atoms with Crippen LogP contribution in [-0.2, 0) is 22.5 Å². The quantitative estimate of drug-likeness (QED) is 0.347. The first-order chi connectivity index (χ1) is 17.3. The Bertz CT molecular complexity index is 1130. The van der Waals surface area contributed by atoms with Crippen molar-refractivity contribution in [3.8, 4) is 11.4 Å². The summed E-state index contributed by atoms with van der Waals surface area (Å²) >= 11 is 7.83. The lowest BCUT2D eigenvalue weighted by molar-refractivity contribution is -0.126. The standard InChI is InChI=1S/C28H35ClN4O2S/c1-28(2,3)23-9-7-21(8-10-23)26-31-25(35-32-26)18-33-14-11-22(12-15-33)27(34)30-13-16-36-19-20-5-4-6-24(29)17-20/h4-10,17,22H,11-16,18-19H2,1-3H3,(H,30,34). The molecule has 3 aromatic rings. The summed E-state index contributed by atoms with van der Waals surface area (Å²) < 4.78 is 5.52. The van der Waals surface area contributed by atoms with E-state index in [1.54, 1.807) is 11.8 Å². The number of carbonyl (C=O) groups is 1. The second-order valence-corrected chi connectivity index (χ2v) is 11.9. The zero-order valence-corrected chi connectivity index (χ0v) is 22.9. The average molecular weight is 527 g/mol. The smallest absolute Gasteiger partial charge is 0.241 e. The second kappa shape index (κ2) is 12.3. The molecule has 1 N–H and O–H groups in total. The summed E-state index contributed by atoms with van der Waals surface area (Å²) in [5, 5.41) is 8.04. The van der Waals surface area contributed by atoms with Gasteiger partial charge in [0.25, 0.3) is 0 Å². The number of rotatable bonds is 9. The number of aromatic nitrogens is 2. The molecule has 1 fully saturated rings. The molecule has 0 spiro atoms. The van der Waals surface area contributed by atoms with E-state index in [2.05, 4.69) is 71.5 Å². The van der Waals surface area contributed by atoms with Crippen LogP contribution < -0.4 is 5.32 Å². The van der Waals surface area contributed by atoms with Crippen molar-refractivity contribution in [1.82, 2.24) is 20.4 Å². The summed E-state index contributed by atoms with van der Waals surface area (Å²) in [4.78, 5) is 19.5. The first kappa shape index (κ1) is 26.7. The number of hydrogen-bond acceptors (Lipinski definition) is 6. The molecule has 0 atom stereocenters. The summed E-state index contributed by atoms with van der Waals surface area (Å²) in [6.45, 7) is 9.59. The molecule has 2 aromatic carbocycles. The SMILES string of the molecule is CC(C)(C)c1ccc(-c2noc(CN3CCC(C(=O)NCCSCc4cccc(Cl)c4)CC3)n2)cc1. The predicted molar refractivity (Wildman–Crippen MR) is 147 cm³/mol. The zero-order chi connectivity index (χ0) is 25.5. The minimum absolute atomic E-state index is 0.0683. The molecular formula is C28H35ClN4O2S. The second-order valence-electron chi connectivity index (χ2n) is 10.4. The van der Waals surface area contributed by atoms with Crippen LogP contribution in [0.15, 0.2) is 53.1 Å². The van der Waals surface area contributed by atoms with Crippen LogP contribution in [0.25, 0.3) is 11.4 Å². The zero-order valence-electron chi connectivity index (χ0n) is 21.3. The third-order valence-electron chi connectivity index (χ3n) is 6.50. The Kier molecular flexibility index (Phi) is 9.09. The molecule has 1 aliphatic rings. The Labute approximate surface area is 223 Å². The highest BCUT2D eigenvalue weighted by atomic mass is 35.5. The van der Waals surface area contributed by atoms with E-state index in [1.165, 1.54) is 11.1 Å². The number of benzene rings is 2. The number of thioether (sulfide) groups is 1. The molecule has 1 saturated heterocycles. The minimum Gasteiger partial charge on any atom is -0.355 e. The van der Waals surface area contributed by atoms with Crippen molar-refractivity contribution in [2.75, 3.05) is 25.4 Å². The topological polar surface area (TPSA) is 71.3 Å². The highest BCUT2D eigenvalue weighted by Crippen LogP contribution is 2.25. The first-order valence-electron chi connectivity index (χ1n) is 12.5. The predicted octanol–water partition coefficient (Wildman–Crippen LogP) is 5.95. The fraction of sp³-hybridized carbons (Fsp3) is 0.464. The van der Waals surface area contributed by atoms with Crippen LogP contribution in [0.3, 0.4) is 0 Å². The molecule has 1 amide bonds. The van der Waals surface area contributed by atoms with Crippen LogP contribution >= 0.6 is 23.4 Å². The van der Waals surface area contributed by atoms with Crippen molar-refractivity contribution >= 4 is 29.3 Å². The number of amides is 1. The minimum atomic E-state index is 0.0683. The van der Waals surface area contributed by atoms with Crippen molar-refractivity contribution < 1.29 is 9.32 Å². The van der Waals surface area contributed by atoms with E-state index in [9.17, 15) is 4.79 Å². The monoisotopic (exact) mass is 526 g/mol. The van der Waals surface area contributed by atoms with Crippen molar-refractivity contribution in [2.45, 2.75) is 51.3 Å². The number of carbonyl (C=O) groups excluding carboxylic acids is 1. The number of likely N-dealkylation sites (tertiary alicyclic amines) is 1. The molecule has 0 bridgehead atoms. The first-order valence-corrected chi connectivity index (χ1v) is 14.1. The van der Waals surface area contributed by atoms with Gasteiger partial charge in [0.2, 0.25) is 17.6 Å². The number of nitrogens with zero attached hydrogens (tertiary/aromatic N) is 3. The third kappa shape index (κ3) is 7.58. The highest BCUT2D eigenvalue weighted by Gasteiger charge is 2.26. The number of nitrogens with one attached hydrogen (secondary N) is 1. The van der Waals surface area contributed by atoms with E-state index in [1.807, 2.05) is 18.2 Å². The lowest BCUT2D eigenvalue weighted by Gasteiger charge is -2.30. The third-order valence-corrected chi connectivity index (χ3v) is 7.76. The average Bonchev–Trinajstić information content (AvgIpc) is 3.32. The molecular weight excluding hydrogens is 492 g/mol. The summed E-state index contributed by atoms with van der Waals surface area (Å²) in [5.41, 5.74) is 3.55. The van der Waals surface area contributed by atoms with Crippen LogP contribution in [0.2, 0.25) is 5.02 Å². The van der Waals surface area contributed by atoms with Crippen LogP contribution in [0.4, 0.5) is 0 Å². The van der Waals surface area contributed by atoms with Gasteiger partial charge in [0, 0.05) is 34.6 Å². The Morgan fingerprint density at radius 1 is 1.17 bits per heavy atom. The van der Waals surface area contributed by atoms with Crippen molar-refractivity contribution in [3.63, 3.8) is 0 Å². The number of hydrogen-bond donors (Lipinski definition) is 1. The molecule has 1 aromatic heterocycles. The van der Waals surface area contributed by atoms with Gasteiger partial charge in [0.1, 0.15) is 0 Å². The van der Waals surface area contributed by atoms with Crippen LogP contribution in [0.5, 0.6) is 0 Å². The molecule has 6 nitrogen and oxygen atoms in total. The molecule has 0 radical (unpaired) electrons. The Morgan fingerprint density at radius 3 is 2.61 bits per heavy atom. The molecule has 0 aliphatic carbocycles. The fourth-order valence-corrected chi connectivity index (χ4v) is 5.33. The molecule has 2 heterocycles. The molecule has 4 rings (SSSR count). The Morgan fingerprint density at radius 2 is 1.92 bits per heavy atom. The maximum Gasteiger partial charge on any atom is 0.241 e. The van der Waals surface area contributed by atoms with Crippen molar-refractivity contribution in [2.24, 2.45) is 5.92 Å². The van der Waals surface area contributed by atoms with Gasteiger partial charge in [-0.3, -0.25) is 9.69 Å². The molecule has 0 unspecified atom stereocenters. The lowest BCUT2D eigenvalue weighted by atomic mass is 9.87. The fourth-order valence-electron chi connectivity index (χ4n) is 4.31. The number of halogens is 1. The van der Waals surface area contributed by atoms with Gasteiger partial charge in [-0.1, -0.05) is 73.9 Å². The molecule has 192 valence electrons. The van der Waals surface area contributed by atoms with Gasteiger partial charge in [0.05, 0.1) is 6.54 Å². The van der Waals surface area contributed by atoms with E-state index in [4.69, 9.17) is 16.1 Å². The summed E-state index contributed by atoms with van der Waals surface area (Å²) in [7, 11) is 0. The summed E-state index contributed by atoms with van der Waals surface area (Å²) in [5.74, 6) is 3.25.